The summed E-state index contributed by atoms with van der Waals surface area (Å²) in [6, 6.07) is 12.3. The standard InChI is InChI=1S/C13H16N2O/c14-11-13(7-4-9-16-10-8-13)15-12-5-2-1-3-6-12/h1-3,5-6,15H,4,7-10H2. The number of hydrogen-bond donors (Lipinski definition) is 1. The quantitative estimate of drug-likeness (QED) is 0.826. The second-order valence-electron chi connectivity index (χ2n) is 4.15. The summed E-state index contributed by atoms with van der Waals surface area (Å²) in [6.07, 6.45) is 2.53. The van der Waals surface area contributed by atoms with Crippen LogP contribution in [0, 0.1) is 11.3 Å². The van der Waals surface area contributed by atoms with E-state index in [0.29, 0.717) is 6.61 Å². The first-order valence-electron chi connectivity index (χ1n) is 5.67. The van der Waals surface area contributed by atoms with Crippen LogP contribution in [-0.4, -0.2) is 18.8 Å². The van der Waals surface area contributed by atoms with Crippen LogP contribution in [0.4, 0.5) is 5.69 Å². The lowest BCUT2D eigenvalue weighted by Crippen LogP contribution is -2.36. The van der Waals surface area contributed by atoms with E-state index in [4.69, 9.17) is 4.74 Å². The molecule has 1 aromatic carbocycles. The van der Waals surface area contributed by atoms with Crippen molar-refractivity contribution in [2.75, 3.05) is 18.5 Å². The highest BCUT2D eigenvalue weighted by atomic mass is 16.5. The molecular weight excluding hydrogens is 200 g/mol. The predicted molar refractivity (Wildman–Crippen MR) is 63.1 cm³/mol. The molecule has 1 unspecified atom stereocenters. The molecule has 1 saturated heterocycles. The molecule has 0 saturated carbocycles. The minimum atomic E-state index is -0.460. The highest BCUT2D eigenvalue weighted by molar-refractivity contribution is 5.47. The minimum absolute atomic E-state index is 0.460. The fraction of sp³-hybridized carbons (Fsp3) is 0.462. The molecule has 1 heterocycles. The molecule has 3 heteroatoms. The SMILES string of the molecule is N#CC1(Nc2ccccc2)CCCOCC1. The van der Waals surface area contributed by atoms with E-state index < -0.39 is 5.54 Å². The number of nitrogens with one attached hydrogen (secondary N) is 1. The molecule has 0 spiro atoms. The van der Waals surface area contributed by atoms with Crippen molar-refractivity contribution >= 4 is 5.69 Å². The maximum Gasteiger partial charge on any atom is 0.127 e. The van der Waals surface area contributed by atoms with Gasteiger partial charge in [0, 0.05) is 25.3 Å². The Morgan fingerprint density at radius 1 is 1.19 bits per heavy atom. The Balaban J connectivity index is 2.12. The van der Waals surface area contributed by atoms with E-state index in [9.17, 15) is 5.26 Å². The first kappa shape index (κ1) is 11.0. The molecule has 0 aromatic heterocycles. The molecule has 0 bridgehead atoms. The van der Waals surface area contributed by atoms with Gasteiger partial charge in [-0.3, -0.25) is 0 Å². The second-order valence-corrected chi connectivity index (χ2v) is 4.15. The summed E-state index contributed by atoms with van der Waals surface area (Å²) in [6.45, 7) is 1.42. The largest absolute Gasteiger partial charge is 0.381 e. The third-order valence-electron chi connectivity index (χ3n) is 2.94. The van der Waals surface area contributed by atoms with Gasteiger partial charge in [0.15, 0.2) is 0 Å². The topological polar surface area (TPSA) is 45.0 Å². The Morgan fingerprint density at radius 3 is 2.75 bits per heavy atom. The smallest absolute Gasteiger partial charge is 0.127 e. The first-order chi connectivity index (χ1) is 7.85. The fourth-order valence-electron chi connectivity index (χ4n) is 2.01. The van der Waals surface area contributed by atoms with Crippen LogP contribution in [0.5, 0.6) is 0 Å². The molecule has 3 nitrogen and oxygen atoms in total. The first-order valence-corrected chi connectivity index (χ1v) is 5.67. The van der Waals surface area contributed by atoms with E-state index in [1.54, 1.807) is 0 Å². The summed E-state index contributed by atoms with van der Waals surface area (Å²) >= 11 is 0. The lowest BCUT2D eigenvalue weighted by Gasteiger charge is -2.26. The molecule has 2 rings (SSSR count). The zero-order valence-corrected chi connectivity index (χ0v) is 9.28. The Kier molecular flexibility index (Phi) is 3.43. The number of nitrogens with zero attached hydrogens (tertiary/aromatic N) is 1. The molecule has 84 valence electrons. The lowest BCUT2D eigenvalue weighted by atomic mass is 9.92. The van der Waals surface area contributed by atoms with E-state index in [1.165, 1.54) is 0 Å². The van der Waals surface area contributed by atoms with Crippen molar-refractivity contribution in [3.8, 4) is 6.07 Å². The molecule has 1 aliphatic rings. The van der Waals surface area contributed by atoms with Gasteiger partial charge in [-0.1, -0.05) is 18.2 Å². The summed E-state index contributed by atoms with van der Waals surface area (Å²) in [4.78, 5) is 0. The highest BCUT2D eigenvalue weighted by Crippen LogP contribution is 2.25. The monoisotopic (exact) mass is 216 g/mol. The Labute approximate surface area is 96.0 Å². The van der Waals surface area contributed by atoms with Gasteiger partial charge in [0.1, 0.15) is 5.54 Å². The number of rotatable bonds is 2. The number of benzene rings is 1. The van der Waals surface area contributed by atoms with Gasteiger partial charge >= 0.3 is 0 Å². The fourth-order valence-corrected chi connectivity index (χ4v) is 2.01. The second kappa shape index (κ2) is 5.00. The molecule has 0 radical (unpaired) electrons. The summed E-state index contributed by atoms with van der Waals surface area (Å²) in [5, 5.41) is 12.7. The zero-order chi connectivity index (χ0) is 11.3. The van der Waals surface area contributed by atoms with Gasteiger partial charge in [-0.15, -0.1) is 0 Å². The average Bonchev–Trinajstić information content (AvgIpc) is 2.57. The van der Waals surface area contributed by atoms with Crippen LogP contribution in [0.15, 0.2) is 30.3 Å². The summed E-state index contributed by atoms with van der Waals surface area (Å²) < 4.78 is 5.40. The molecule has 0 aliphatic carbocycles. The normalized spacial score (nSPS) is 25.4. The van der Waals surface area contributed by atoms with E-state index >= 15 is 0 Å². The van der Waals surface area contributed by atoms with Crippen LogP contribution in [0.3, 0.4) is 0 Å². The van der Waals surface area contributed by atoms with Gasteiger partial charge < -0.3 is 10.1 Å². The number of anilines is 1. The van der Waals surface area contributed by atoms with Crippen LogP contribution >= 0.6 is 0 Å². The molecular formula is C13H16N2O. The average molecular weight is 216 g/mol. The van der Waals surface area contributed by atoms with Gasteiger partial charge in [-0.2, -0.15) is 5.26 Å². The molecule has 1 N–H and O–H groups in total. The Bertz CT molecular complexity index is 361. The van der Waals surface area contributed by atoms with E-state index in [0.717, 1.165) is 31.6 Å². The van der Waals surface area contributed by atoms with Gasteiger partial charge in [-0.05, 0) is 25.0 Å². The highest BCUT2D eigenvalue weighted by Gasteiger charge is 2.30. The van der Waals surface area contributed by atoms with Crippen molar-refractivity contribution in [1.82, 2.24) is 0 Å². The van der Waals surface area contributed by atoms with E-state index in [1.807, 2.05) is 30.3 Å². The van der Waals surface area contributed by atoms with Crippen molar-refractivity contribution in [1.29, 1.82) is 5.26 Å². The van der Waals surface area contributed by atoms with E-state index in [2.05, 4.69) is 11.4 Å². The van der Waals surface area contributed by atoms with Crippen molar-refractivity contribution < 1.29 is 4.74 Å². The van der Waals surface area contributed by atoms with Gasteiger partial charge in [0.25, 0.3) is 0 Å². The molecule has 1 aliphatic heterocycles. The molecule has 0 amide bonds. The third-order valence-corrected chi connectivity index (χ3v) is 2.94. The van der Waals surface area contributed by atoms with Crippen LogP contribution < -0.4 is 5.32 Å². The van der Waals surface area contributed by atoms with Crippen LogP contribution in [0.2, 0.25) is 0 Å². The maximum absolute atomic E-state index is 9.36. The van der Waals surface area contributed by atoms with Crippen molar-refractivity contribution in [2.45, 2.75) is 24.8 Å². The predicted octanol–water partition coefficient (Wildman–Crippen LogP) is 2.56. The number of hydrogen-bond acceptors (Lipinski definition) is 3. The van der Waals surface area contributed by atoms with Gasteiger partial charge in [-0.25, -0.2) is 0 Å². The number of ether oxygens (including phenoxy) is 1. The number of nitriles is 1. The molecule has 16 heavy (non-hydrogen) atoms. The molecule has 1 aromatic rings. The van der Waals surface area contributed by atoms with Crippen LogP contribution in [-0.2, 0) is 4.74 Å². The lowest BCUT2D eigenvalue weighted by molar-refractivity contribution is 0.142. The zero-order valence-electron chi connectivity index (χ0n) is 9.28. The van der Waals surface area contributed by atoms with Crippen molar-refractivity contribution in [3.05, 3.63) is 30.3 Å². The van der Waals surface area contributed by atoms with Gasteiger partial charge in [0.05, 0.1) is 6.07 Å². The minimum Gasteiger partial charge on any atom is -0.381 e. The van der Waals surface area contributed by atoms with Crippen LogP contribution in [0.1, 0.15) is 19.3 Å². The summed E-state index contributed by atoms with van der Waals surface area (Å²) in [5.74, 6) is 0. The third kappa shape index (κ3) is 2.53. The maximum atomic E-state index is 9.36. The number of para-hydroxylation sites is 1. The van der Waals surface area contributed by atoms with Crippen LogP contribution in [0.25, 0.3) is 0 Å². The van der Waals surface area contributed by atoms with Gasteiger partial charge in [0.2, 0.25) is 0 Å². The van der Waals surface area contributed by atoms with E-state index in [-0.39, 0.29) is 0 Å². The van der Waals surface area contributed by atoms with Crippen molar-refractivity contribution in [2.24, 2.45) is 0 Å². The Hall–Kier alpha value is -1.53. The summed E-state index contributed by atoms with van der Waals surface area (Å²) in [5.41, 5.74) is 0.545. The van der Waals surface area contributed by atoms with Crippen molar-refractivity contribution in [3.63, 3.8) is 0 Å². The molecule has 1 atom stereocenters. The Morgan fingerprint density at radius 2 is 2.00 bits per heavy atom. The molecule has 1 fully saturated rings. The summed E-state index contributed by atoms with van der Waals surface area (Å²) in [7, 11) is 0.